The van der Waals surface area contributed by atoms with Crippen molar-refractivity contribution >= 4 is 11.6 Å². The van der Waals surface area contributed by atoms with Crippen LogP contribution in [0.3, 0.4) is 0 Å². The minimum atomic E-state index is 0.756. The number of hydrazine groups is 1. The molecule has 2 heterocycles. The lowest BCUT2D eigenvalue weighted by Crippen LogP contribution is -2.52. The highest BCUT2D eigenvalue weighted by atomic mass is 35.5. The van der Waals surface area contributed by atoms with Crippen LogP contribution in [-0.2, 0) is 0 Å². The molecule has 0 bridgehead atoms. The third-order valence-corrected chi connectivity index (χ3v) is 4.38. The number of hydrogen-bond acceptors (Lipinski definition) is 2. The largest absolute Gasteiger partial charge is 0.242 e. The first-order chi connectivity index (χ1) is 7.31. The molecule has 1 unspecified atom stereocenters. The van der Waals surface area contributed by atoms with Gasteiger partial charge >= 0.3 is 0 Å². The summed E-state index contributed by atoms with van der Waals surface area (Å²) in [4.78, 5) is 0. The second kappa shape index (κ2) is 5.51. The molecule has 2 aliphatic rings. The van der Waals surface area contributed by atoms with Gasteiger partial charge in [-0.1, -0.05) is 6.42 Å². The summed E-state index contributed by atoms with van der Waals surface area (Å²) in [5, 5.41) is 5.18. The predicted octanol–water partition coefficient (Wildman–Crippen LogP) is 2.73. The fourth-order valence-corrected chi connectivity index (χ4v) is 3.14. The van der Waals surface area contributed by atoms with Gasteiger partial charge in [0.25, 0.3) is 0 Å². The van der Waals surface area contributed by atoms with E-state index in [1.165, 1.54) is 51.7 Å². The summed E-state index contributed by atoms with van der Waals surface area (Å²) < 4.78 is 0. The Morgan fingerprint density at radius 3 is 2.40 bits per heavy atom. The molecule has 2 saturated heterocycles. The van der Waals surface area contributed by atoms with E-state index in [2.05, 4.69) is 16.9 Å². The molecule has 0 amide bonds. The predicted molar refractivity (Wildman–Crippen MR) is 65.0 cm³/mol. The quantitative estimate of drug-likeness (QED) is 0.674. The standard InChI is InChI=1S/C12H23ClN2/c1-11-4-2-3-7-15(11)14-8-5-12(10-13)6-9-14/h11-12H,2-10H2,1H3. The zero-order valence-corrected chi connectivity index (χ0v) is 10.5. The van der Waals surface area contributed by atoms with Crippen molar-refractivity contribution < 1.29 is 0 Å². The molecule has 15 heavy (non-hydrogen) atoms. The van der Waals surface area contributed by atoms with Crippen LogP contribution >= 0.6 is 11.6 Å². The number of rotatable bonds is 2. The van der Waals surface area contributed by atoms with E-state index in [9.17, 15) is 0 Å². The van der Waals surface area contributed by atoms with Gasteiger partial charge in [-0.25, -0.2) is 10.0 Å². The lowest BCUT2D eigenvalue weighted by atomic mass is 9.99. The highest BCUT2D eigenvalue weighted by Gasteiger charge is 2.27. The summed E-state index contributed by atoms with van der Waals surface area (Å²) in [7, 11) is 0. The van der Waals surface area contributed by atoms with Crippen LogP contribution in [0.5, 0.6) is 0 Å². The van der Waals surface area contributed by atoms with Gasteiger partial charge in [-0.3, -0.25) is 0 Å². The molecule has 0 spiro atoms. The van der Waals surface area contributed by atoms with Gasteiger partial charge in [0.1, 0.15) is 0 Å². The average molecular weight is 231 g/mol. The van der Waals surface area contributed by atoms with E-state index in [4.69, 9.17) is 11.6 Å². The molecule has 0 aromatic heterocycles. The van der Waals surface area contributed by atoms with Crippen molar-refractivity contribution in [2.45, 2.75) is 45.1 Å². The van der Waals surface area contributed by atoms with Crippen LogP contribution in [0.25, 0.3) is 0 Å². The Hall–Kier alpha value is 0.210. The van der Waals surface area contributed by atoms with Gasteiger partial charge in [-0.05, 0) is 38.5 Å². The summed E-state index contributed by atoms with van der Waals surface area (Å²) >= 11 is 5.91. The third-order valence-electron chi connectivity index (χ3n) is 3.94. The van der Waals surface area contributed by atoms with Crippen LogP contribution in [0.4, 0.5) is 0 Å². The summed E-state index contributed by atoms with van der Waals surface area (Å²) in [5.41, 5.74) is 0. The summed E-state index contributed by atoms with van der Waals surface area (Å²) in [5.74, 6) is 1.62. The monoisotopic (exact) mass is 230 g/mol. The zero-order valence-electron chi connectivity index (χ0n) is 9.79. The van der Waals surface area contributed by atoms with E-state index in [0.29, 0.717) is 0 Å². The van der Waals surface area contributed by atoms with Crippen LogP contribution in [0.2, 0.25) is 0 Å². The molecule has 88 valence electrons. The lowest BCUT2D eigenvalue weighted by Gasteiger charge is -2.44. The number of alkyl halides is 1. The van der Waals surface area contributed by atoms with Gasteiger partial charge in [0, 0.05) is 31.6 Å². The molecule has 2 nitrogen and oxygen atoms in total. The van der Waals surface area contributed by atoms with Gasteiger partial charge in [0.15, 0.2) is 0 Å². The number of nitrogens with zero attached hydrogens (tertiary/aromatic N) is 2. The third kappa shape index (κ3) is 2.86. The lowest BCUT2D eigenvalue weighted by molar-refractivity contribution is -0.0890. The Balaban J connectivity index is 1.83. The Bertz CT molecular complexity index is 190. The molecular weight excluding hydrogens is 208 g/mol. The second-order valence-corrected chi connectivity index (χ2v) is 5.37. The molecule has 0 N–H and O–H groups in total. The molecule has 2 rings (SSSR count). The Morgan fingerprint density at radius 2 is 1.80 bits per heavy atom. The minimum Gasteiger partial charge on any atom is -0.242 e. The van der Waals surface area contributed by atoms with Crippen molar-refractivity contribution in [1.29, 1.82) is 0 Å². The van der Waals surface area contributed by atoms with Crippen molar-refractivity contribution in [3.05, 3.63) is 0 Å². The average Bonchev–Trinajstić information content (AvgIpc) is 2.30. The van der Waals surface area contributed by atoms with E-state index in [1.807, 2.05) is 0 Å². The van der Waals surface area contributed by atoms with Crippen molar-refractivity contribution in [3.63, 3.8) is 0 Å². The maximum absolute atomic E-state index is 5.91. The first kappa shape index (κ1) is 11.7. The van der Waals surface area contributed by atoms with E-state index < -0.39 is 0 Å². The van der Waals surface area contributed by atoms with E-state index in [-0.39, 0.29) is 0 Å². The van der Waals surface area contributed by atoms with Crippen molar-refractivity contribution in [2.75, 3.05) is 25.5 Å². The molecule has 0 aliphatic carbocycles. The van der Waals surface area contributed by atoms with Gasteiger partial charge in [-0.15, -0.1) is 11.6 Å². The minimum absolute atomic E-state index is 0.756. The van der Waals surface area contributed by atoms with E-state index in [1.54, 1.807) is 0 Å². The van der Waals surface area contributed by atoms with Crippen molar-refractivity contribution in [1.82, 2.24) is 10.0 Å². The van der Waals surface area contributed by atoms with Crippen molar-refractivity contribution in [2.24, 2.45) is 5.92 Å². The maximum atomic E-state index is 5.91. The van der Waals surface area contributed by atoms with Gasteiger partial charge < -0.3 is 0 Å². The molecule has 3 heteroatoms. The first-order valence-electron chi connectivity index (χ1n) is 6.38. The van der Waals surface area contributed by atoms with Crippen LogP contribution in [-0.4, -0.2) is 41.6 Å². The van der Waals surface area contributed by atoms with Crippen LogP contribution < -0.4 is 0 Å². The SMILES string of the molecule is CC1CCCCN1N1CCC(CCl)CC1. The van der Waals surface area contributed by atoms with Gasteiger partial charge in [0.05, 0.1) is 0 Å². The van der Waals surface area contributed by atoms with Crippen LogP contribution in [0.15, 0.2) is 0 Å². The highest BCUT2D eigenvalue weighted by Crippen LogP contribution is 2.24. The van der Waals surface area contributed by atoms with Crippen LogP contribution in [0, 0.1) is 5.92 Å². The molecule has 0 saturated carbocycles. The first-order valence-corrected chi connectivity index (χ1v) is 6.92. The molecule has 1 atom stereocenters. The highest BCUT2D eigenvalue weighted by molar-refractivity contribution is 6.18. The molecule has 2 fully saturated rings. The Kier molecular flexibility index (Phi) is 4.30. The maximum Gasteiger partial charge on any atom is 0.0252 e. The van der Waals surface area contributed by atoms with Crippen LogP contribution in [0.1, 0.15) is 39.0 Å². The molecule has 2 aliphatic heterocycles. The van der Waals surface area contributed by atoms with E-state index >= 15 is 0 Å². The second-order valence-electron chi connectivity index (χ2n) is 5.06. The van der Waals surface area contributed by atoms with E-state index in [0.717, 1.165) is 17.8 Å². The number of hydrogen-bond donors (Lipinski definition) is 0. The number of halogens is 1. The zero-order chi connectivity index (χ0) is 10.7. The fourth-order valence-electron chi connectivity index (χ4n) is 2.83. The Labute approximate surface area is 98.5 Å². The number of piperidine rings is 2. The molecule has 0 aromatic rings. The smallest absolute Gasteiger partial charge is 0.0252 e. The molecular formula is C12H23ClN2. The fraction of sp³-hybridized carbons (Fsp3) is 1.00. The van der Waals surface area contributed by atoms with Crippen molar-refractivity contribution in [3.8, 4) is 0 Å². The normalized spacial score (nSPS) is 32.0. The topological polar surface area (TPSA) is 6.48 Å². The Morgan fingerprint density at radius 1 is 1.07 bits per heavy atom. The van der Waals surface area contributed by atoms with Gasteiger partial charge in [-0.2, -0.15) is 0 Å². The molecule has 0 aromatic carbocycles. The summed E-state index contributed by atoms with van der Waals surface area (Å²) in [6, 6.07) is 0.756. The van der Waals surface area contributed by atoms with Gasteiger partial charge in [0.2, 0.25) is 0 Å². The summed E-state index contributed by atoms with van der Waals surface area (Å²) in [6.07, 6.45) is 6.73. The summed E-state index contributed by atoms with van der Waals surface area (Å²) in [6.45, 7) is 6.09. The molecule has 0 radical (unpaired) electrons.